The Kier molecular flexibility index (Phi) is 10.9. The monoisotopic (exact) mass is 392 g/mol. The van der Waals surface area contributed by atoms with Gasteiger partial charge in [-0.3, -0.25) is 9.59 Å². The third-order valence-electron chi connectivity index (χ3n) is 4.69. The summed E-state index contributed by atoms with van der Waals surface area (Å²) in [6.07, 6.45) is 2.03. The molecule has 2 amide bonds. The maximum Gasteiger partial charge on any atom is 0.408 e. The summed E-state index contributed by atoms with van der Waals surface area (Å²) in [5.74, 6) is -1.04. The van der Waals surface area contributed by atoms with Crippen molar-refractivity contribution in [2.45, 2.75) is 65.1 Å². The van der Waals surface area contributed by atoms with Gasteiger partial charge >= 0.3 is 6.09 Å². The Hall–Kier alpha value is -2.41. The summed E-state index contributed by atoms with van der Waals surface area (Å²) in [5, 5.41) is 14.4. The molecule has 1 aromatic carbocycles. The van der Waals surface area contributed by atoms with Crippen LogP contribution in [-0.4, -0.2) is 41.6 Å². The second-order valence-corrected chi connectivity index (χ2v) is 6.90. The van der Waals surface area contributed by atoms with Crippen molar-refractivity contribution in [3.63, 3.8) is 0 Å². The lowest BCUT2D eigenvalue weighted by atomic mass is 9.97. The highest BCUT2D eigenvalue weighted by Gasteiger charge is 2.29. The second kappa shape index (κ2) is 12.9. The third kappa shape index (κ3) is 8.08. The molecular weight excluding hydrogens is 360 g/mol. The van der Waals surface area contributed by atoms with E-state index < -0.39 is 36.5 Å². The van der Waals surface area contributed by atoms with Crippen LogP contribution in [0, 0.1) is 5.92 Å². The number of ether oxygens (including phenoxy) is 1. The van der Waals surface area contributed by atoms with Gasteiger partial charge in [-0.25, -0.2) is 4.79 Å². The van der Waals surface area contributed by atoms with Gasteiger partial charge in [0.15, 0.2) is 5.78 Å². The molecule has 0 aromatic heterocycles. The van der Waals surface area contributed by atoms with Crippen LogP contribution in [0.25, 0.3) is 0 Å². The maximum atomic E-state index is 12.7. The molecule has 0 spiro atoms. The fourth-order valence-corrected chi connectivity index (χ4v) is 2.69. The molecule has 0 unspecified atom stereocenters. The second-order valence-electron chi connectivity index (χ2n) is 6.90. The lowest BCUT2D eigenvalue weighted by Crippen LogP contribution is -2.54. The zero-order chi connectivity index (χ0) is 20.9. The predicted molar refractivity (Wildman–Crippen MR) is 107 cm³/mol. The van der Waals surface area contributed by atoms with E-state index >= 15 is 0 Å². The predicted octanol–water partition coefficient (Wildman–Crippen LogP) is 2.56. The number of benzene rings is 1. The Morgan fingerprint density at radius 3 is 2.36 bits per heavy atom. The summed E-state index contributed by atoms with van der Waals surface area (Å²) >= 11 is 0. The first-order valence-electron chi connectivity index (χ1n) is 9.84. The van der Waals surface area contributed by atoms with Crippen molar-refractivity contribution in [3.05, 3.63) is 35.9 Å². The van der Waals surface area contributed by atoms with Crippen LogP contribution in [0.3, 0.4) is 0 Å². The molecule has 0 aliphatic heterocycles. The van der Waals surface area contributed by atoms with Crippen LogP contribution in [-0.2, 0) is 20.9 Å². The van der Waals surface area contributed by atoms with Gasteiger partial charge in [-0.05, 0) is 17.9 Å². The van der Waals surface area contributed by atoms with E-state index in [0.29, 0.717) is 12.8 Å². The number of aliphatic hydroxyl groups is 1. The van der Waals surface area contributed by atoms with Crippen LogP contribution in [0.4, 0.5) is 4.79 Å². The molecule has 3 N–H and O–H groups in total. The van der Waals surface area contributed by atoms with E-state index in [0.717, 1.165) is 18.4 Å². The topological polar surface area (TPSA) is 105 Å². The van der Waals surface area contributed by atoms with Gasteiger partial charge in [0, 0.05) is 0 Å². The van der Waals surface area contributed by atoms with Crippen molar-refractivity contribution < 1.29 is 24.2 Å². The minimum atomic E-state index is -0.830. The van der Waals surface area contributed by atoms with Crippen LogP contribution in [0.15, 0.2) is 30.3 Å². The Bertz CT molecular complexity index is 620. The molecule has 0 saturated heterocycles. The summed E-state index contributed by atoms with van der Waals surface area (Å²) in [6, 6.07) is 7.65. The van der Waals surface area contributed by atoms with Crippen LogP contribution in [0.5, 0.6) is 0 Å². The number of Topliss-reactive ketones (excluding diaryl/α,β-unsaturated/α-hetero) is 1. The number of unbranched alkanes of at least 4 members (excludes halogenated alkanes) is 1. The van der Waals surface area contributed by atoms with Crippen molar-refractivity contribution in [1.29, 1.82) is 0 Å². The molecule has 1 aromatic rings. The molecule has 156 valence electrons. The van der Waals surface area contributed by atoms with Crippen LogP contribution >= 0.6 is 0 Å². The van der Waals surface area contributed by atoms with E-state index in [9.17, 15) is 14.4 Å². The third-order valence-corrected chi connectivity index (χ3v) is 4.69. The van der Waals surface area contributed by atoms with Gasteiger partial charge in [0.1, 0.15) is 19.3 Å². The van der Waals surface area contributed by atoms with Crippen molar-refractivity contribution in [2.75, 3.05) is 6.61 Å². The highest BCUT2D eigenvalue weighted by atomic mass is 16.5. The van der Waals surface area contributed by atoms with Crippen LogP contribution < -0.4 is 10.6 Å². The van der Waals surface area contributed by atoms with Crippen molar-refractivity contribution in [1.82, 2.24) is 10.6 Å². The molecule has 1 rings (SSSR count). The van der Waals surface area contributed by atoms with Gasteiger partial charge in [0.2, 0.25) is 5.91 Å². The molecule has 3 atom stereocenters. The van der Waals surface area contributed by atoms with E-state index in [4.69, 9.17) is 9.84 Å². The fraction of sp³-hybridized carbons (Fsp3) is 0.571. The number of carbonyl (C=O) groups is 3. The lowest BCUT2D eigenvalue weighted by Gasteiger charge is -2.26. The zero-order valence-electron chi connectivity index (χ0n) is 16.9. The largest absolute Gasteiger partial charge is 0.445 e. The van der Waals surface area contributed by atoms with Gasteiger partial charge in [-0.2, -0.15) is 0 Å². The zero-order valence-corrected chi connectivity index (χ0v) is 16.9. The number of hydrogen-bond donors (Lipinski definition) is 3. The van der Waals surface area contributed by atoms with Gasteiger partial charge in [-0.1, -0.05) is 70.4 Å². The van der Waals surface area contributed by atoms with Gasteiger partial charge in [0.25, 0.3) is 0 Å². The van der Waals surface area contributed by atoms with E-state index in [2.05, 4.69) is 10.6 Å². The highest BCUT2D eigenvalue weighted by Crippen LogP contribution is 2.11. The average molecular weight is 392 g/mol. The summed E-state index contributed by atoms with van der Waals surface area (Å²) in [7, 11) is 0. The Morgan fingerprint density at radius 2 is 1.79 bits per heavy atom. The number of amides is 2. The van der Waals surface area contributed by atoms with E-state index in [1.54, 1.807) is 0 Å². The molecule has 7 heteroatoms. The standard InChI is InChI=1S/C21H32N2O5/c1-4-6-12-17(18(25)13-24)22-20(26)19(15(3)5-2)23-21(27)28-14-16-10-8-7-9-11-16/h7-11,15,17,19,24H,4-6,12-14H2,1-3H3,(H,22,26)(H,23,27)/t15-,17-,19-/m0/s1. The summed E-state index contributed by atoms with van der Waals surface area (Å²) < 4.78 is 5.20. The Balaban J connectivity index is 2.72. The smallest absolute Gasteiger partial charge is 0.408 e. The molecule has 0 aliphatic carbocycles. The summed E-state index contributed by atoms with van der Waals surface area (Å²) in [5.41, 5.74) is 0.843. The Labute approximate surface area is 166 Å². The normalized spacial score (nSPS) is 13.9. The van der Waals surface area contributed by atoms with Crippen molar-refractivity contribution in [3.8, 4) is 0 Å². The molecule has 7 nitrogen and oxygen atoms in total. The minimum absolute atomic E-state index is 0.101. The number of carbonyl (C=O) groups excluding carboxylic acids is 3. The molecule has 28 heavy (non-hydrogen) atoms. The maximum absolute atomic E-state index is 12.7. The molecule has 0 bridgehead atoms. The van der Waals surface area contributed by atoms with Gasteiger partial charge in [-0.15, -0.1) is 0 Å². The summed E-state index contributed by atoms with van der Waals surface area (Å²) in [4.78, 5) is 36.8. The first-order valence-corrected chi connectivity index (χ1v) is 9.84. The first-order chi connectivity index (χ1) is 13.4. The molecule has 0 fully saturated rings. The number of nitrogens with one attached hydrogen (secondary N) is 2. The number of hydrogen-bond acceptors (Lipinski definition) is 5. The van der Waals surface area contributed by atoms with Gasteiger partial charge in [0.05, 0.1) is 6.04 Å². The molecule has 0 saturated carbocycles. The van der Waals surface area contributed by atoms with E-state index in [1.807, 2.05) is 51.1 Å². The molecule has 0 aliphatic rings. The number of alkyl carbamates (subject to hydrolysis) is 1. The quantitative estimate of drug-likeness (QED) is 0.507. The van der Waals surface area contributed by atoms with Crippen molar-refractivity contribution >= 4 is 17.8 Å². The van der Waals surface area contributed by atoms with E-state index in [1.165, 1.54) is 0 Å². The molecule has 0 heterocycles. The number of aliphatic hydroxyl groups excluding tert-OH is 1. The summed E-state index contributed by atoms with van der Waals surface area (Å²) in [6.45, 7) is 5.21. The molecule has 0 radical (unpaired) electrons. The first kappa shape index (κ1) is 23.6. The highest BCUT2D eigenvalue weighted by molar-refractivity contribution is 5.92. The number of rotatable bonds is 12. The van der Waals surface area contributed by atoms with Crippen LogP contribution in [0.1, 0.15) is 52.0 Å². The Morgan fingerprint density at radius 1 is 1.11 bits per heavy atom. The SMILES string of the molecule is CCCC[C@H](NC(=O)[C@@H](NC(=O)OCc1ccccc1)[C@@H](C)CC)C(=O)CO. The van der Waals surface area contributed by atoms with Gasteiger partial charge < -0.3 is 20.5 Å². The average Bonchev–Trinajstić information content (AvgIpc) is 2.72. The lowest BCUT2D eigenvalue weighted by molar-refractivity contribution is -0.131. The van der Waals surface area contributed by atoms with Crippen molar-refractivity contribution in [2.24, 2.45) is 5.92 Å². The fourth-order valence-electron chi connectivity index (χ4n) is 2.69. The number of ketones is 1. The molecular formula is C21H32N2O5. The van der Waals surface area contributed by atoms with Crippen LogP contribution in [0.2, 0.25) is 0 Å². The van der Waals surface area contributed by atoms with E-state index in [-0.39, 0.29) is 12.5 Å². The minimum Gasteiger partial charge on any atom is -0.445 e.